The molecule has 1 heterocycles. The quantitative estimate of drug-likeness (QED) is 0.794. The summed E-state index contributed by atoms with van der Waals surface area (Å²) in [6, 6.07) is 0. The van der Waals surface area contributed by atoms with Crippen molar-refractivity contribution in [2.24, 2.45) is 11.8 Å². The maximum absolute atomic E-state index is 11.6. The molecule has 94 valence electrons. The summed E-state index contributed by atoms with van der Waals surface area (Å²) in [7, 11) is 0. The van der Waals surface area contributed by atoms with E-state index in [1.165, 1.54) is 0 Å². The van der Waals surface area contributed by atoms with E-state index >= 15 is 0 Å². The van der Waals surface area contributed by atoms with Crippen LogP contribution in [0, 0.1) is 11.8 Å². The van der Waals surface area contributed by atoms with Crippen LogP contribution in [0.1, 0.15) is 40.5 Å². The molecule has 0 atom stereocenters. The molecule has 1 saturated heterocycles. The third-order valence-electron chi connectivity index (χ3n) is 3.82. The van der Waals surface area contributed by atoms with Crippen LogP contribution in [0.4, 0.5) is 0 Å². The number of nitrogens with zero attached hydrogens (tertiary/aromatic N) is 1. The van der Waals surface area contributed by atoms with Crippen molar-refractivity contribution in [3.63, 3.8) is 0 Å². The van der Waals surface area contributed by atoms with Gasteiger partial charge in [0.25, 0.3) is 0 Å². The zero-order valence-corrected chi connectivity index (χ0v) is 11.0. The van der Waals surface area contributed by atoms with E-state index in [1.807, 2.05) is 13.8 Å². The standard InChI is InChI=1S/C13H25NO2/c1-10(2)12(15)9-14-7-5-13(16,6-8-14)11(3)4/h10-11,16H,5-9H2,1-4H3. The Morgan fingerprint density at radius 3 is 2.12 bits per heavy atom. The van der Waals surface area contributed by atoms with Gasteiger partial charge in [-0.1, -0.05) is 27.7 Å². The lowest BCUT2D eigenvalue weighted by Crippen LogP contribution is -2.48. The van der Waals surface area contributed by atoms with Gasteiger partial charge in [0.1, 0.15) is 5.78 Å². The Morgan fingerprint density at radius 2 is 1.75 bits per heavy atom. The normalized spacial score (nSPS) is 21.7. The molecule has 1 N–H and O–H groups in total. The van der Waals surface area contributed by atoms with Crippen LogP contribution in [0.2, 0.25) is 0 Å². The molecule has 0 aromatic rings. The predicted octanol–water partition coefficient (Wildman–Crippen LogP) is 1.69. The Hall–Kier alpha value is -0.410. The highest BCUT2D eigenvalue weighted by molar-refractivity contribution is 5.82. The lowest BCUT2D eigenvalue weighted by Gasteiger charge is -2.40. The van der Waals surface area contributed by atoms with E-state index in [0.29, 0.717) is 18.2 Å². The van der Waals surface area contributed by atoms with Gasteiger partial charge in [0.05, 0.1) is 12.1 Å². The van der Waals surface area contributed by atoms with Gasteiger partial charge in [-0.3, -0.25) is 9.69 Å². The van der Waals surface area contributed by atoms with Crippen LogP contribution < -0.4 is 0 Å². The summed E-state index contributed by atoms with van der Waals surface area (Å²) in [6.45, 7) is 10.2. The molecule has 1 aliphatic heterocycles. The molecule has 16 heavy (non-hydrogen) atoms. The van der Waals surface area contributed by atoms with Gasteiger partial charge in [0, 0.05) is 19.0 Å². The topological polar surface area (TPSA) is 40.5 Å². The Morgan fingerprint density at radius 1 is 1.25 bits per heavy atom. The number of likely N-dealkylation sites (tertiary alicyclic amines) is 1. The number of hydrogen-bond acceptors (Lipinski definition) is 3. The molecule has 3 nitrogen and oxygen atoms in total. The number of piperidine rings is 1. The fourth-order valence-corrected chi connectivity index (χ4v) is 2.08. The molecule has 0 unspecified atom stereocenters. The fraction of sp³-hybridized carbons (Fsp3) is 0.923. The third kappa shape index (κ3) is 3.29. The zero-order valence-electron chi connectivity index (χ0n) is 11.0. The summed E-state index contributed by atoms with van der Waals surface area (Å²) in [5.41, 5.74) is -0.516. The van der Waals surface area contributed by atoms with Crippen LogP contribution >= 0.6 is 0 Å². The van der Waals surface area contributed by atoms with Crippen LogP contribution in [-0.2, 0) is 4.79 Å². The molecule has 1 rings (SSSR count). The molecule has 0 spiro atoms. The van der Waals surface area contributed by atoms with E-state index in [1.54, 1.807) is 0 Å². The van der Waals surface area contributed by atoms with Crippen LogP contribution in [0.25, 0.3) is 0 Å². The van der Waals surface area contributed by atoms with E-state index in [9.17, 15) is 9.90 Å². The molecular formula is C13H25NO2. The van der Waals surface area contributed by atoms with E-state index in [-0.39, 0.29) is 5.92 Å². The van der Waals surface area contributed by atoms with Crippen molar-refractivity contribution in [1.82, 2.24) is 4.90 Å². The largest absolute Gasteiger partial charge is 0.390 e. The molecular weight excluding hydrogens is 202 g/mol. The highest BCUT2D eigenvalue weighted by Crippen LogP contribution is 2.29. The van der Waals surface area contributed by atoms with Crippen molar-refractivity contribution in [2.45, 2.75) is 46.1 Å². The first-order chi connectivity index (χ1) is 7.35. The van der Waals surface area contributed by atoms with Gasteiger partial charge in [-0.25, -0.2) is 0 Å². The third-order valence-corrected chi connectivity index (χ3v) is 3.82. The van der Waals surface area contributed by atoms with Gasteiger partial charge in [-0.05, 0) is 18.8 Å². The van der Waals surface area contributed by atoms with Gasteiger partial charge in [-0.15, -0.1) is 0 Å². The number of Topliss-reactive ketones (excluding diaryl/α,β-unsaturated/α-hetero) is 1. The van der Waals surface area contributed by atoms with E-state index in [4.69, 9.17) is 0 Å². The summed E-state index contributed by atoms with van der Waals surface area (Å²) in [5.74, 6) is 0.719. The van der Waals surface area contributed by atoms with E-state index in [0.717, 1.165) is 25.9 Å². The van der Waals surface area contributed by atoms with Crippen LogP contribution in [0.15, 0.2) is 0 Å². The first-order valence-electron chi connectivity index (χ1n) is 6.32. The van der Waals surface area contributed by atoms with Gasteiger partial charge in [-0.2, -0.15) is 0 Å². The lowest BCUT2D eigenvalue weighted by atomic mass is 9.81. The van der Waals surface area contributed by atoms with Gasteiger partial charge in [0.2, 0.25) is 0 Å². The first kappa shape index (κ1) is 13.7. The minimum absolute atomic E-state index is 0.117. The molecule has 0 radical (unpaired) electrons. The molecule has 0 saturated carbocycles. The lowest BCUT2D eigenvalue weighted by molar-refractivity contribution is -0.124. The minimum atomic E-state index is -0.516. The van der Waals surface area contributed by atoms with Crippen molar-refractivity contribution >= 4 is 5.78 Å². The minimum Gasteiger partial charge on any atom is -0.390 e. The molecule has 0 aromatic carbocycles. The van der Waals surface area contributed by atoms with Crippen LogP contribution in [0.3, 0.4) is 0 Å². The number of rotatable bonds is 4. The zero-order chi connectivity index (χ0) is 12.3. The summed E-state index contributed by atoms with van der Waals surface area (Å²) in [6.07, 6.45) is 1.58. The monoisotopic (exact) mass is 227 g/mol. The highest BCUT2D eigenvalue weighted by atomic mass is 16.3. The Bertz CT molecular complexity index is 240. The molecule has 3 heteroatoms. The molecule has 0 bridgehead atoms. The van der Waals surface area contributed by atoms with E-state index in [2.05, 4.69) is 18.7 Å². The second-order valence-corrected chi connectivity index (χ2v) is 5.66. The Labute approximate surface area is 98.8 Å². The molecule has 1 aliphatic rings. The van der Waals surface area contributed by atoms with Gasteiger partial charge < -0.3 is 5.11 Å². The van der Waals surface area contributed by atoms with Crippen LogP contribution in [-0.4, -0.2) is 41.0 Å². The molecule has 0 aromatic heterocycles. The van der Waals surface area contributed by atoms with Crippen molar-refractivity contribution in [1.29, 1.82) is 0 Å². The van der Waals surface area contributed by atoms with Gasteiger partial charge in [0.15, 0.2) is 0 Å². The maximum atomic E-state index is 11.6. The van der Waals surface area contributed by atoms with Crippen LogP contribution in [0.5, 0.6) is 0 Å². The van der Waals surface area contributed by atoms with E-state index < -0.39 is 5.60 Å². The number of hydrogen-bond donors (Lipinski definition) is 1. The Balaban J connectivity index is 2.41. The summed E-state index contributed by atoms with van der Waals surface area (Å²) in [5, 5.41) is 10.3. The fourth-order valence-electron chi connectivity index (χ4n) is 2.08. The van der Waals surface area contributed by atoms with Gasteiger partial charge >= 0.3 is 0 Å². The number of carbonyl (C=O) groups is 1. The summed E-state index contributed by atoms with van der Waals surface area (Å²) in [4.78, 5) is 13.8. The summed E-state index contributed by atoms with van der Waals surface area (Å²) >= 11 is 0. The number of carbonyl (C=O) groups excluding carboxylic acids is 1. The SMILES string of the molecule is CC(C)C(=O)CN1CCC(O)(C(C)C)CC1. The van der Waals surface area contributed by atoms with Crippen molar-refractivity contribution in [3.05, 3.63) is 0 Å². The Kier molecular flexibility index (Phi) is 4.51. The molecule has 0 aliphatic carbocycles. The number of aliphatic hydroxyl groups is 1. The average Bonchev–Trinajstić information content (AvgIpc) is 2.21. The summed E-state index contributed by atoms with van der Waals surface area (Å²) < 4.78 is 0. The molecule has 0 amide bonds. The predicted molar refractivity (Wildman–Crippen MR) is 65.3 cm³/mol. The average molecular weight is 227 g/mol. The highest BCUT2D eigenvalue weighted by Gasteiger charge is 2.35. The van der Waals surface area contributed by atoms with Crippen molar-refractivity contribution in [2.75, 3.05) is 19.6 Å². The first-order valence-corrected chi connectivity index (χ1v) is 6.32. The molecule has 1 fully saturated rings. The smallest absolute Gasteiger partial charge is 0.149 e. The second kappa shape index (κ2) is 5.28. The van der Waals surface area contributed by atoms with Crippen molar-refractivity contribution in [3.8, 4) is 0 Å². The number of ketones is 1. The second-order valence-electron chi connectivity index (χ2n) is 5.66. The van der Waals surface area contributed by atoms with Crippen molar-refractivity contribution < 1.29 is 9.90 Å². The maximum Gasteiger partial charge on any atom is 0.149 e.